The van der Waals surface area contributed by atoms with Gasteiger partial charge in [0.2, 0.25) is 0 Å². The minimum atomic E-state index is -0.214. The average molecular weight is 293 g/mol. The first kappa shape index (κ1) is 16.1. The molecule has 1 heterocycles. The van der Waals surface area contributed by atoms with E-state index < -0.39 is 0 Å². The largest absolute Gasteiger partial charge is 0.490 e. The summed E-state index contributed by atoms with van der Waals surface area (Å²) in [4.78, 5) is 2.39. The molecule has 21 heavy (non-hydrogen) atoms. The fraction of sp³-hybridized carbons (Fsp3) is 0.647. The van der Waals surface area contributed by atoms with Crippen LogP contribution in [-0.2, 0) is 6.54 Å². The number of aliphatic hydroxyl groups is 1. The van der Waals surface area contributed by atoms with Gasteiger partial charge in [-0.2, -0.15) is 0 Å². The summed E-state index contributed by atoms with van der Waals surface area (Å²) in [5.74, 6) is 2.04. The Balaban J connectivity index is 2.02. The van der Waals surface area contributed by atoms with E-state index in [9.17, 15) is 5.11 Å². The van der Waals surface area contributed by atoms with Crippen LogP contribution in [-0.4, -0.2) is 42.4 Å². The lowest BCUT2D eigenvalue weighted by atomic mass is 10.0. The van der Waals surface area contributed by atoms with Gasteiger partial charge >= 0.3 is 0 Å². The zero-order valence-electron chi connectivity index (χ0n) is 13.3. The maximum absolute atomic E-state index is 9.68. The number of aliphatic hydroxyl groups excluding tert-OH is 1. The quantitative estimate of drug-likeness (QED) is 0.839. The number of rotatable bonds is 7. The molecule has 0 amide bonds. The molecule has 0 radical (unpaired) electrons. The average Bonchev–Trinajstić information content (AvgIpc) is 2.91. The molecule has 1 saturated heterocycles. The molecule has 1 aliphatic heterocycles. The lowest BCUT2D eigenvalue weighted by Crippen LogP contribution is -2.24. The molecular weight excluding hydrogens is 266 g/mol. The monoisotopic (exact) mass is 293 g/mol. The van der Waals surface area contributed by atoms with Gasteiger partial charge in [-0.15, -0.1) is 0 Å². The van der Waals surface area contributed by atoms with Gasteiger partial charge in [0.05, 0.1) is 19.3 Å². The maximum Gasteiger partial charge on any atom is 0.161 e. The van der Waals surface area contributed by atoms with Gasteiger partial charge < -0.3 is 14.6 Å². The summed E-state index contributed by atoms with van der Waals surface area (Å²) in [6, 6.07) is 6.17. The Bertz CT molecular complexity index is 448. The van der Waals surface area contributed by atoms with Crippen molar-refractivity contribution in [2.24, 2.45) is 5.92 Å². The number of benzene rings is 1. The Hall–Kier alpha value is -1.26. The number of ether oxygens (including phenoxy) is 2. The maximum atomic E-state index is 9.68. The third kappa shape index (κ3) is 4.35. The fourth-order valence-electron chi connectivity index (χ4n) is 2.85. The number of likely N-dealkylation sites (tertiary alicyclic amines) is 1. The minimum absolute atomic E-state index is 0.214. The first-order valence-corrected chi connectivity index (χ1v) is 7.93. The highest BCUT2D eigenvalue weighted by Gasteiger charge is 2.25. The number of nitrogens with zero attached hydrogens (tertiary/aromatic N) is 1. The van der Waals surface area contributed by atoms with Crippen molar-refractivity contribution in [1.29, 1.82) is 0 Å². The number of hydrogen-bond acceptors (Lipinski definition) is 4. The van der Waals surface area contributed by atoms with Crippen molar-refractivity contribution in [2.45, 2.75) is 39.8 Å². The molecule has 1 aromatic rings. The first-order valence-electron chi connectivity index (χ1n) is 7.93. The van der Waals surface area contributed by atoms with Crippen molar-refractivity contribution < 1.29 is 14.6 Å². The van der Waals surface area contributed by atoms with Crippen LogP contribution in [0.5, 0.6) is 11.5 Å². The van der Waals surface area contributed by atoms with Crippen LogP contribution >= 0.6 is 0 Å². The Morgan fingerprint density at radius 3 is 2.57 bits per heavy atom. The van der Waals surface area contributed by atoms with Crippen LogP contribution < -0.4 is 9.47 Å². The fourth-order valence-corrected chi connectivity index (χ4v) is 2.85. The van der Waals surface area contributed by atoms with Crippen LogP contribution in [0.4, 0.5) is 0 Å². The number of hydrogen-bond donors (Lipinski definition) is 1. The molecule has 0 aromatic heterocycles. The molecule has 1 fully saturated rings. The summed E-state index contributed by atoms with van der Waals surface area (Å²) >= 11 is 0. The molecule has 1 N–H and O–H groups in total. The van der Waals surface area contributed by atoms with Gasteiger partial charge in [0.15, 0.2) is 11.5 Å². The van der Waals surface area contributed by atoms with E-state index in [0.29, 0.717) is 19.1 Å². The van der Waals surface area contributed by atoms with Gasteiger partial charge in [-0.05, 0) is 57.4 Å². The summed E-state index contributed by atoms with van der Waals surface area (Å²) in [6.07, 6.45) is 0.863. The summed E-state index contributed by atoms with van der Waals surface area (Å²) in [5.41, 5.74) is 1.23. The van der Waals surface area contributed by atoms with Crippen molar-refractivity contribution in [1.82, 2.24) is 4.90 Å². The van der Waals surface area contributed by atoms with Gasteiger partial charge in [-0.1, -0.05) is 6.07 Å². The summed E-state index contributed by atoms with van der Waals surface area (Å²) in [7, 11) is 0. The summed E-state index contributed by atoms with van der Waals surface area (Å²) in [5, 5.41) is 9.68. The van der Waals surface area contributed by atoms with Crippen molar-refractivity contribution in [3.8, 4) is 11.5 Å². The summed E-state index contributed by atoms with van der Waals surface area (Å²) in [6.45, 7) is 10.0. The zero-order chi connectivity index (χ0) is 15.2. The second-order valence-corrected chi connectivity index (χ2v) is 5.67. The smallest absolute Gasteiger partial charge is 0.161 e. The molecule has 2 atom stereocenters. The Morgan fingerprint density at radius 1 is 1.24 bits per heavy atom. The highest BCUT2D eigenvalue weighted by Crippen LogP contribution is 2.30. The van der Waals surface area contributed by atoms with Crippen molar-refractivity contribution in [2.75, 3.05) is 26.3 Å². The third-order valence-corrected chi connectivity index (χ3v) is 4.01. The molecule has 0 saturated carbocycles. The highest BCUT2D eigenvalue weighted by molar-refractivity contribution is 5.43. The Labute approximate surface area is 127 Å². The Kier molecular flexibility index (Phi) is 5.88. The lowest BCUT2D eigenvalue weighted by Gasteiger charge is -2.18. The van der Waals surface area contributed by atoms with Crippen LogP contribution in [0.2, 0.25) is 0 Å². The summed E-state index contributed by atoms with van der Waals surface area (Å²) < 4.78 is 11.3. The van der Waals surface area contributed by atoms with E-state index in [1.165, 1.54) is 5.56 Å². The van der Waals surface area contributed by atoms with E-state index in [1.807, 2.05) is 26.8 Å². The van der Waals surface area contributed by atoms with Crippen molar-refractivity contribution in [3.05, 3.63) is 23.8 Å². The standard InChI is InChI=1S/C17H27NO3/c1-4-20-16-7-6-14(10-17(16)21-5-2)11-18-9-8-15(12-18)13(3)19/h6-7,10,13,15,19H,4-5,8-9,11-12H2,1-3H3. The van der Waals surface area contributed by atoms with Crippen LogP contribution in [0.3, 0.4) is 0 Å². The third-order valence-electron chi connectivity index (χ3n) is 4.01. The predicted molar refractivity (Wildman–Crippen MR) is 83.8 cm³/mol. The molecular formula is C17H27NO3. The predicted octanol–water partition coefficient (Wildman–Crippen LogP) is 2.69. The molecule has 0 spiro atoms. The molecule has 118 valence electrons. The lowest BCUT2D eigenvalue weighted by molar-refractivity contribution is 0.127. The van der Waals surface area contributed by atoms with E-state index in [0.717, 1.165) is 37.6 Å². The normalized spacial score (nSPS) is 20.5. The van der Waals surface area contributed by atoms with E-state index in [1.54, 1.807) is 0 Å². The molecule has 1 aliphatic rings. The first-order chi connectivity index (χ1) is 10.1. The zero-order valence-corrected chi connectivity index (χ0v) is 13.3. The molecule has 1 aromatic carbocycles. The van der Waals surface area contributed by atoms with E-state index in [4.69, 9.17) is 9.47 Å². The van der Waals surface area contributed by atoms with Gasteiger partial charge in [-0.3, -0.25) is 4.90 Å². The van der Waals surface area contributed by atoms with Crippen molar-refractivity contribution in [3.63, 3.8) is 0 Å². The molecule has 4 heteroatoms. The topological polar surface area (TPSA) is 41.9 Å². The van der Waals surface area contributed by atoms with E-state index >= 15 is 0 Å². The van der Waals surface area contributed by atoms with Gasteiger partial charge in [0, 0.05) is 13.1 Å². The van der Waals surface area contributed by atoms with Gasteiger partial charge in [-0.25, -0.2) is 0 Å². The van der Waals surface area contributed by atoms with Gasteiger partial charge in [0.1, 0.15) is 0 Å². The highest BCUT2D eigenvalue weighted by atomic mass is 16.5. The minimum Gasteiger partial charge on any atom is -0.490 e. The second-order valence-electron chi connectivity index (χ2n) is 5.67. The molecule has 0 bridgehead atoms. The SMILES string of the molecule is CCOc1ccc(CN2CCC(C(C)O)C2)cc1OCC. The van der Waals surface area contributed by atoms with Crippen molar-refractivity contribution >= 4 is 0 Å². The second kappa shape index (κ2) is 7.66. The van der Waals surface area contributed by atoms with E-state index in [-0.39, 0.29) is 6.10 Å². The van der Waals surface area contributed by atoms with Crippen LogP contribution in [0.15, 0.2) is 18.2 Å². The van der Waals surface area contributed by atoms with Gasteiger partial charge in [0.25, 0.3) is 0 Å². The van der Waals surface area contributed by atoms with Crippen LogP contribution in [0.1, 0.15) is 32.8 Å². The van der Waals surface area contributed by atoms with E-state index in [2.05, 4.69) is 17.0 Å². The molecule has 2 unspecified atom stereocenters. The Morgan fingerprint density at radius 2 is 1.95 bits per heavy atom. The van der Waals surface area contributed by atoms with Crippen LogP contribution in [0, 0.1) is 5.92 Å². The molecule has 2 rings (SSSR count). The molecule has 4 nitrogen and oxygen atoms in total. The van der Waals surface area contributed by atoms with Crippen LogP contribution in [0.25, 0.3) is 0 Å². The molecule has 0 aliphatic carbocycles.